The fourth-order valence-corrected chi connectivity index (χ4v) is 1.98. The van der Waals surface area contributed by atoms with E-state index >= 15 is 0 Å². The van der Waals surface area contributed by atoms with E-state index < -0.39 is 12.1 Å². The Hall–Kier alpha value is -1.32. The zero-order valence-electron chi connectivity index (χ0n) is 7.69. The maximum absolute atomic E-state index is 13.3. The quantitative estimate of drug-likeness (QED) is 0.790. The molecule has 1 heterocycles. The molecule has 2 rings (SSSR count). The molecule has 0 saturated heterocycles. The molecule has 0 amide bonds. The second-order valence-electron chi connectivity index (χ2n) is 3.67. The number of nitrogens with zero attached hydrogens (tertiary/aromatic N) is 1. The minimum absolute atomic E-state index is 0.164. The van der Waals surface area contributed by atoms with E-state index in [0.717, 1.165) is 12.8 Å². The highest BCUT2D eigenvalue weighted by molar-refractivity contribution is 5.87. The van der Waals surface area contributed by atoms with Gasteiger partial charge >= 0.3 is 5.97 Å². The predicted molar refractivity (Wildman–Crippen MR) is 49.2 cm³/mol. The van der Waals surface area contributed by atoms with Crippen LogP contribution in [0.25, 0.3) is 0 Å². The summed E-state index contributed by atoms with van der Waals surface area (Å²) in [6.07, 6.45) is 4.59. The highest BCUT2D eigenvalue weighted by Gasteiger charge is 2.28. The fraction of sp³-hybridized carbons (Fsp3) is 0.500. The lowest BCUT2D eigenvalue weighted by atomic mass is 10.2. The maximum Gasteiger partial charge on any atom is 0.337 e. The van der Waals surface area contributed by atoms with Crippen LogP contribution in [-0.4, -0.2) is 21.8 Å². The monoisotopic (exact) mass is 197 g/mol. The molecule has 1 N–H and O–H groups in total. The first kappa shape index (κ1) is 9.24. The Kier molecular flexibility index (Phi) is 2.27. The van der Waals surface area contributed by atoms with Crippen LogP contribution in [0.2, 0.25) is 0 Å². The van der Waals surface area contributed by atoms with Crippen molar-refractivity contribution in [3.8, 4) is 0 Å². The molecule has 1 fully saturated rings. The van der Waals surface area contributed by atoms with Crippen LogP contribution in [0.1, 0.15) is 35.7 Å². The van der Waals surface area contributed by atoms with Crippen LogP contribution in [0.4, 0.5) is 4.39 Å². The molecule has 1 aliphatic carbocycles. The molecule has 0 aromatic carbocycles. The summed E-state index contributed by atoms with van der Waals surface area (Å²) in [5, 5.41) is 8.70. The number of carboxylic acids is 1. The molecule has 0 bridgehead atoms. The lowest BCUT2D eigenvalue weighted by Crippen LogP contribution is -2.12. The minimum atomic E-state index is -0.961. The summed E-state index contributed by atoms with van der Waals surface area (Å²) in [6, 6.07) is 1.34. The first-order chi connectivity index (χ1) is 6.68. The molecule has 0 spiro atoms. The molecule has 1 saturated carbocycles. The number of alkyl halides is 1. The lowest BCUT2D eigenvalue weighted by molar-refractivity contribution is 0.0696. The van der Waals surface area contributed by atoms with Crippen molar-refractivity contribution in [1.29, 1.82) is 0 Å². The molecule has 1 aromatic heterocycles. The molecule has 0 aliphatic heterocycles. The van der Waals surface area contributed by atoms with E-state index in [2.05, 4.69) is 0 Å². The van der Waals surface area contributed by atoms with Crippen molar-refractivity contribution >= 4 is 5.97 Å². The Balaban J connectivity index is 2.20. The van der Waals surface area contributed by atoms with Crippen LogP contribution in [0.15, 0.2) is 18.5 Å². The van der Waals surface area contributed by atoms with E-state index in [1.807, 2.05) is 0 Å². The number of halogens is 1. The van der Waals surface area contributed by atoms with Gasteiger partial charge in [0, 0.05) is 12.4 Å². The van der Waals surface area contributed by atoms with Gasteiger partial charge in [-0.2, -0.15) is 0 Å². The normalized spacial score (nSPS) is 26.6. The van der Waals surface area contributed by atoms with Gasteiger partial charge in [-0.15, -0.1) is 0 Å². The zero-order valence-corrected chi connectivity index (χ0v) is 7.69. The van der Waals surface area contributed by atoms with Crippen LogP contribution in [-0.2, 0) is 0 Å². The van der Waals surface area contributed by atoms with Crippen molar-refractivity contribution in [3.05, 3.63) is 24.0 Å². The number of carbonyl (C=O) groups is 1. The smallest absolute Gasteiger partial charge is 0.337 e. The topological polar surface area (TPSA) is 42.2 Å². The van der Waals surface area contributed by atoms with Gasteiger partial charge in [-0.1, -0.05) is 0 Å². The molecule has 2 atom stereocenters. The molecule has 0 unspecified atom stereocenters. The molecule has 76 valence electrons. The van der Waals surface area contributed by atoms with Crippen molar-refractivity contribution in [2.45, 2.75) is 31.5 Å². The van der Waals surface area contributed by atoms with Gasteiger partial charge in [0.05, 0.1) is 11.6 Å². The Morgan fingerprint density at radius 3 is 2.86 bits per heavy atom. The summed E-state index contributed by atoms with van der Waals surface area (Å²) >= 11 is 0. The third kappa shape index (κ3) is 1.52. The van der Waals surface area contributed by atoms with Crippen molar-refractivity contribution in [2.75, 3.05) is 0 Å². The number of carboxylic acid groups (broad SMARTS) is 1. The van der Waals surface area contributed by atoms with Crippen LogP contribution < -0.4 is 0 Å². The van der Waals surface area contributed by atoms with Gasteiger partial charge in [0.25, 0.3) is 0 Å². The van der Waals surface area contributed by atoms with Crippen molar-refractivity contribution in [1.82, 2.24) is 4.57 Å². The Bertz CT molecular complexity index is 348. The Morgan fingerprint density at radius 1 is 1.57 bits per heavy atom. The van der Waals surface area contributed by atoms with Crippen LogP contribution >= 0.6 is 0 Å². The highest BCUT2D eigenvalue weighted by Crippen LogP contribution is 2.32. The van der Waals surface area contributed by atoms with Gasteiger partial charge < -0.3 is 9.67 Å². The Morgan fingerprint density at radius 2 is 2.36 bits per heavy atom. The lowest BCUT2D eigenvalue weighted by Gasteiger charge is -2.14. The molecule has 4 heteroatoms. The van der Waals surface area contributed by atoms with Crippen molar-refractivity contribution in [3.63, 3.8) is 0 Å². The van der Waals surface area contributed by atoms with Gasteiger partial charge in [-0.25, -0.2) is 9.18 Å². The molecule has 1 aromatic rings. The third-order valence-electron chi connectivity index (χ3n) is 2.74. The minimum Gasteiger partial charge on any atom is -0.478 e. The maximum atomic E-state index is 13.3. The summed E-state index contributed by atoms with van der Waals surface area (Å²) in [5.41, 5.74) is 0.226. The van der Waals surface area contributed by atoms with Crippen molar-refractivity contribution in [2.24, 2.45) is 0 Å². The van der Waals surface area contributed by atoms with Gasteiger partial charge in [-0.05, 0) is 25.3 Å². The Labute approximate surface area is 81.2 Å². The molecule has 1 aliphatic rings. The molecular weight excluding hydrogens is 185 g/mol. The number of aromatic carboxylic acids is 1. The third-order valence-corrected chi connectivity index (χ3v) is 2.74. The van der Waals surface area contributed by atoms with E-state index in [9.17, 15) is 9.18 Å². The van der Waals surface area contributed by atoms with Gasteiger partial charge in [0.1, 0.15) is 6.17 Å². The summed E-state index contributed by atoms with van der Waals surface area (Å²) in [7, 11) is 0. The molecule has 14 heavy (non-hydrogen) atoms. The van der Waals surface area contributed by atoms with E-state index in [1.165, 1.54) is 12.3 Å². The van der Waals surface area contributed by atoms with Gasteiger partial charge in [-0.3, -0.25) is 0 Å². The second-order valence-corrected chi connectivity index (χ2v) is 3.67. The molecular formula is C10H12FNO2. The van der Waals surface area contributed by atoms with E-state index in [-0.39, 0.29) is 11.6 Å². The molecule has 0 radical (unpaired) electrons. The fourth-order valence-electron chi connectivity index (χ4n) is 1.98. The summed E-state index contributed by atoms with van der Waals surface area (Å²) in [5.74, 6) is -0.961. The van der Waals surface area contributed by atoms with E-state index in [1.54, 1.807) is 10.8 Å². The first-order valence-corrected chi connectivity index (χ1v) is 4.73. The van der Waals surface area contributed by atoms with Gasteiger partial charge in [0.2, 0.25) is 0 Å². The average molecular weight is 197 g/mol. The van der Waals surface area contributed by atoms with E-state index in [0.29, 0.717) is 6.42 Å². The summed E-state index contributed by atoms with van der Waals surface area (Å²) in [4.78, 5) is 10.6. The summed E-state index contributed by atoms with van der Waals surface area (Å²) < 4.78 is 15.0. The van der Waals surface area contributed by atoms with Crippen molar-refractivity contribution < 1.29 is 14.3 Å². The number of hydrogen-bond acceptors (Lipinski definition) is 1. The zero-order chi connectivity index (χ0) is 10.1. The largest absolute Gasteiger partial charge is 0.478 e. The van der Waals surface area contributed by atoms with Crippen LogP contribution in [0, 0.1) is 0 Å². The predicted octanol–water partition coefficient (Wildman–Crippen LogP) is 2.25. The average Bonchev–Trinajstić information content (AvgIpc) is 2.71. The highest BCUT2D eigenvalue weighted by atomic mass is 19.1. The SMILES string of the molecule is O=C(O)c1ccn([C@@H]2CCC[C@H]2F)c1. The summed E-state index contributed by atoms with van der Waals surface area (Å²) in [6.45, 7) is 0. The van der Waals surface area contributed by atoms with E-state index in [4.69, 9.17) is 5.11 Å². The van der Waals surface area contributed by atoms with Crippen LogP contribution in [0.3, 0.4) is 0 Å². The first-order valence-electron chi connectivity index (χ1n) is 4.73. The van der Waals surface area contributed by atoms with Crippen LogP contribution in [0.5, 0.6) is 0 Å². The molecule has 3 nitrogen and oxygen atoms in total. The number of aromatic nitrogens is 1. The van der Waals surface area contributed by atoms with Gasteiger partial charge in [0.15, 0.2) is 0 Å². The second kappa shape index (κ2) is 3.44. The number of hydrogen-bond donors (Lipinski definition) is 1. The number of rotatable bonds is 2. The standard InChI is InChI=1S/C10H12FNO2/c11-8-2-1-3-9(8)12-5-4-7(6-12)10(13)14/h4-6,8-9H,1-3H2,(H,13,14)/t8-,9-/m1/s1.